The van der Waals surface area contributed by atoms with Crippen molar-refractivity contribution in [3.05, 3.63) is 33.7 Å². The maximum absolute atomic E-state index is 11.4. The van der Waals surface area contributed by atoms with E-state index in [1.807, 2.05) is 13.0 Å². The number of carboxylic acids is 1. The van der Waals surface area contributed by atoms with Crippen LogP contribution in [0.25, 0.3) is 5.65 Å². The van der Waals surface area contributed by atoms with Crippen molar-refractivity contribution in [1.29, 1.82) is 0 Å². The molecule has 2 aromatic rings. The van der Waals surface area contributed by atoms with Gasteiger partial charge in [-0.1, -0.05) is 0 Å². The van der Waals surface area contributed by atoms with E-state index in [0.29, 0.717) is 11.6 Å². The standard InChI is InChI=1S/C12H11BrN2O2/c1-6-4-8(13)5-15-10(12(16)17)9(7-2-3-7)14-11(6)15/h4-5,7H,2-3H2,1H3,(H,16,17). The van der Waals surface area contributed by atoms with Crippen molar-refractivity contribution in [3.8, 4) is 0 Å². The van der Waals surface area contributed by atoms with Crippen LogP contribution in [0.3, 0.4) is 0 Å². The van der Waals surface area contributed by atoms with Crippen LogP contribution in [0.1, 0.15) is 40.5 Å². The molecule has 3 rings (SSSR count). The van der Waals surface area contributed by atoms with Gasteiger partial charge in [0.25, 0.3) is 0 Å². The van der Waals surface area contributed by atoms with Crippen LogP contribution >= 0.6 is 15.9 Å². The van der Waals surface area contributed by atoms with E-state index in [0.717, 1.165) is 34.2 Å². The highest BCUT2D eigenvalue weighted by molar-refractivity contribution is 9.10. The molecule has 17 heavy (non-hydrogen) atoms. The van der Waals surface area contributed by atoms with Crippen molar-refractivity contribution in [2.75, 3.05) is 0 Å². The first-order valence-corrected chi connectivity index (χ1v) is 6.28. The lowest BCUT2D eigenvalue weighted by Crippen LogP contribution is -2.05. The Morgan fingerprint density at radius 1 is 1.59 bits per heavy atom. The summed E-state index contributed by atoms with van der Waals surface area (Å²) in [5, 5.41) is 9.33. The number of imidazole rings is 1. The Hall–Kier alpha value is -1.36. The van der Waals surface area contributed by atoms with Gasteiger partial charge >= 0.3 is 5.97 Å². The SMILES string of the molecule is Cc1cc(Br)cn2c(C(=O)O)c(C3CC3)nc12. The summed E-state index contributed by atoms with van der Waals surface area (Å²) in [6.07, 6.45) is 3.86. The van der Waals surface area contributed by atoms with Crippen LogP contribution in [0.15, 0.2) is 16.7 Å². The zero-order chi connectivity index (χ0) is 12.2. The highest BCUT2D eigenvalue weighted by atomic mass is 79.9. The highest BCUT2D eigenvalue weighted by Crippen LogP contribution is 2.41. The Labute approximate surface area is 106 Å². The summed E-state index contributed by atoms with van der Waals surface area (Å²) in [6.45, 7) is 1.94. The van der Waals surface area contributed by atoms with Gasteiger partial charge in [-0.2, -0.15) is 0 Å². The second kappa shape index (κ2) is 3.57. The molecule has 0 saturated heterocycles. The van der Waals surface area contributed by atoms with Crippen molar-refractivity contribution in [2.24, 2.45) is 0 Å². The molecule has 1 aliphatic carbocycles. The Balaban J connectivity index is 2.38. The van der Waals surface area contributed by atoms with E-state index >= 15 is 0 Å². The number of carbonyl (C=O) groups is 1. The molecule has 0 aliphatic heterocycles. The zero-order valence-electron chi connectivity index (χ0n) is 9.27. The van der Waals surface area contributed by atoms with Gasteiger partial charge in [-0.3, -0.25) is 4.40 Å². The second-order valence-electron chi connectivity index (χ2n) is 4.46. The molecule has 1 saturated carbocycles. The molecule has 88 valence electrons. The number of aromatic carboxylic acids is 1. The monoisotopic (exact) mass is 294 g/mol. The number of hydrogen-bond acceptors (Lipinski definition) is 2. The summed E-state index contributed by atoms with van der Waals surface area (Å²) in [4.78, 5) is 15.9. The van der Waals surface area contributed by atoms with Crippen LogP contribution in [-0.2, 0) is 0 Å². The predicted molar refractivity (Wildman–Crippen MR) is 66.6 cm³/mol. The van der Waals surface area contributed by atoms with E-state index in [-0.39, 0.29) is 0 Å². The maximum Gasteiger partial charge on any atom is 0.354 e. The molecular weight excluding hydrogens is 284 g/mol. The lowest BCUT2D eigenvalue weighted by Gasteiger charge is -2.01. The van der Waals surface area contributed by atoms with Gasteiger partial charge in [0.15, 0.2) is 5.69 Å². The van der Waals surface area contributed by atoms with Gasteiger partial charge in [0.2, 0.25) is 0 Å². The smallest absolute Gasteiger partial charge is 0.354 e. The predicted octanol–water partition coefficient (Wildman–Crippen LogP) is 2.98. The third-order valence-corrected chi connectivity index (χ3v) is 3.50. The lowest BCUT2D eigenvalue weighted by atomic mass is 10.2. The van der Waals surface area contributed by atoms with E-state index in [9.17, 15) is 9.90 Å². The largest absolute Gasteiger partial charge is 0.477 e. The molecular formula is C12H11BrN2O2. The lowest BCUT2D eigenvalue weighted by molar-refractivity contribution is 0.0688. The summed E-state index contributed by atoms with van der Waals surface area (Å²) in [6, 6.07) is 1.95. The Morgan fingerprint density at radius 3 is 2.88 bits per heavy atom. The molecule has 2 aromatic heterocycles. The van der Waals surface area contributed by atoms with Gasteiger partial charge in [0.1, 0.15) is 5.65 Å². The fourth-order valence-electron chi connectivity index (χ4n) is 2.14. The van der Waals surface area contributed by atoms with Crippen molar-refractivity contribution in [1.82, 2.24) is 9.38 Å². The molecule has 0 unspecified atom stereocenters. The third-order valence-electron chi connectivity index (χ3n) is 3.06. The third kappa shape index (κ3) is 1.65. The number of rotatable bonds is 2. The molecule has 1 aliphatic rings. The number of fused-ring (bicyclic) bond motifs is 1. The van der Waals surface area contributed by atoms with Crippen LogP contribution in [0, 0.1) is 6.92 Å². The van der Waals surface area contributed by atoms with Crippen LogP contribution < -0.4 is 0 Å². The summed E-state index contributed by atoms with van der Waals surface area (Å²) in [5.41, 5.74) is 2.77. The van der Waals surface area contributed by atoms with Gasteiger partial charge in [-0.05, 0) is 47.3 Å². The Morgan fingerprint density at radius 2 is 2.29 bits per heavy atom. The van der Waals surface area contributed by atoms with Crippen molar-refractivity contribution >= 4 is 27.5 Å². The van der Waals surface area contributed by atoms with Crippen LogP contribution in [0.4, 0.5) is 0 Å². The first-order valence-electron chi connectivity index (χ1n) is 5.49. The Kier molecular flexibility index (Phi) is 2.26. The number of nitrogens with zero attached hydrogens (tertiary/aromatic N) is 2. The summed E-state index contributed by atoms with van der Waals surface area (Å²) >= 11 is 3.39. The van der Waals surface area contributed by atoms with Gasteiger partial charge in [-0.15, -0.1) is 0 Å². The van der Waals surface area contributed by atoms with E-state index in [1.54, 1.807) is 10.6 Å². The molecule has 0 atom stereocenters. The summed E-state index contributed by atoms with van der Waals surface area (Å²) in [5.74, 6) is -0.573. The minimum absolute atomic E-state index is 0.312. The first kappa shape index (κ1) is 10.8. The van der Waals surface area contributed by atoms with E-state index in [1.165, 1.54) is 0 Å². The number of halogens is 1. The fraction of sp³-hybridized carbons (Fsp3) is 0.333. The minimum atomic E-state index is -0.906. The summed E-state index contributed by atoms with van der Waals surface area (Å²) < 4.78 is 2.54. The first-order chi connectivity index (χ1) is 8.08. The van der Waals surface area contributed by atoms with Gasteiger partial charge in [-0.25, -0.2) is 9.78 Å². The van der Waals surface area contributed by atoms with Crippen molar-refractivity contribution in [3.63, 3.8) is 0 Å². The van der Waals surface area contributed by atoms with Crippen molar-refractivity contribution in [2.45, 2.75) is 25.7 Å². The van der Waals surface area contributed by atoms with E-state index in [4.69, 9.17) is 0 Å². The molecule has 0 amide bonds. The number of aryl methyl sites for hydroxylation is 1. The van der Waals surface area contributed by atoms with Crippen LogP contribution in [-0.4, -0.2) is 20.5 Å². The fourth-order valence-corrected chi connectivity index (χ4v) is 2.69. The molecule has 5 heteroatoms. The topological polar surface area (TPSA) is 54.6 Å². The minimum Gasteiger partial charge on any atom is -0.477 e. The van der Waals surface area contributed by atoms with E-state index in [2.05, 4.69) is 20.9 Å². The molecule has 1 fully saturated rings. The molecule has 0 radical (unpaired) electrons. The molecule has 4 nitrogen and oxygen atoms in total. The molecule has 1 N–H and O–H groups in total. The molecule has 0 aromatic carbocycles. The second-order valence-corrected chi connectivity index (χ2v) is 5.38. The van der Waals surface area contributed by atoms with Gasteiger partial charge in [0.05, 0.1) is 5.69 Å². The zero-order valence-corrected chi connectivity index (χ0v) is 10.9. The number of pyridine rings is 1. The van der Waals surface area contributed by atoms with E-state index < -0.39 is 5.97 Å². The molecule has 0 spiro atoms. The Bertz CT molecular complexity index is 629. The number of hydrogen-bond donors (Lipinski definition) is 1. The highest BCUT2D eigenvalue weighted by Gasteiger charge is 2.32. The van der Waals surface area contributed by atoms with Crippen LogP contribution in [0.2, 0.25) is 0 Å². The van der Waals surface area contributed by atoms with Crippen molar-refractivity contribution < 1.29 is 9.90 Å². The quantitative estimate of drug-likeness (QED) is 0.926. The van der Waals surface area contributed by atoms with Gasteiger partial charge < -0.3 is 5.11 Å². The van der Waals surface area contributed by atoms with Crippen LogP contribution in [0.5, 0.6) is 0 Å². The number of aromatic nitrogens is 2. The molecule has 2 heterocycles. The van der Waals surface area contributed by atoms with Gasteiger partial charge in [0, 0.05) is 16.6 Å². The normalized spacial score (nSPS) is 15.4. The average Bonchev–Trinajstić information content (AvgIpc) is 2.99. The maximum atomic E-state index is 11.4. The average molecular weight is 295 g/mol. The molecule has 0 bridgehead atoms. The summed E-state index contributed by atoms with van der Waals surface area (Å²) in [7, 11) is 0. The number of carboxylic acid groups (broad SMARTS) is 1.